The third-order valence-electron chi connectivity index (χ3n) is 7.31. The summed E-state index contributed by atoms with van der Waals surface area (Å²) in [6.45, 7) is 0. The van der Waals surface area contributed by atoms with Gasteiger partial charge in [-0.05, 0) is 46.7 Å². The van der Waals surface area contributed by atoms with E-state index in [0.29, 0.717) is 36.8 Å². The smallest absolute Gasteiger partial charge is 0.163 e. The molecule has 3 heteroatoms. The lowest BCUT2D eigenvalue weighted by molar-refractivity contribution is -0.118. The number of carbonyl (C=O) groups is 2. The van der Waals surface area contributed by atoms with Crippen LogP contribution in [0, 0.1) is 12.1 Å². The Bertz CT molecular complexity index is 1220. The predicted molar refractivity (Wildman–Crippen MR) is 129 cm³/mol. The van der Waals surface area contributed by atoms with E-state index in [-0.39, 0.29) is 23.4 Å². The normalized spacial score (nSPS) is 24.4. The minimum Gasteiger partial charge on any atom is -0.465 e. The highest BCUT2D eigenvalue weighted by molar-refractivity contribution is 6.06. The molecule has 2 atom stereocenters. The van der Waals surface area contributed by atoms with Crippen molar-refractivity contribution in [2.24, 2.45) is 0 Å². The van der Waals surface area contributed by atoms with Crippen molar-refractivity contribution in [1.82, 2.24) is 0 Å². The summed E-state index contributed by atoms with van der Waals surface area (Å²) in [6, 6.07) is 31.9. The lowest BCUT2D eigenvalue weighted by Gasteiger charge is -2.39. The number of allylic oxidation sites excluding steroid dienone is 4. The quantitative estimate of drug-likeness (QED) is 0.483. The maximum absolute atomic E-state index is 13.6. The largest absolute Gasteiger partial charge is 0.465 e. The van der Waals surface area contributed by atoms with Gasteiger partial charge in [0.2, 0.25) is 0 Å². The van der Waals surface area contributed by atoms with E-state index < -0.39 is 5.92 Å². The van der Waals surface area contributed by atoms with Gasteiger partial charge in [-0.1, -0.05) is 72.8 Å². The number of carbonyl (C=O) groups excluding carboxylic acids is 2. The minimum absolute atomic E-state index is 0.0671. The topological polar surface area (TPSA) is 43.4 Å². The number of ether oxygens (including phenoxy) is 1. The highest BCUT2D eigenvalue weighted by atomic mass is 16.5. The SMILES string of the molecule is O=C1CC(c2ccccc2)CC2=C1C(c1c[c][c]cc1)C1=C(CC(c3ccccc3)CC1=O)O2. The Morgan fingerprint density at radius 3 is 1.62 bits per heavy atom. The number of benzene rings is 3. The number of hydrogen-bond donors (Lipinski definition) is 0. The molecule has 0 bridgehead atoms. The molecule has 0 N–H and O–H groups in total. The third-order valence-corrected chi connectivity index (χ3v) is 7.31. The first kappa shape index (κ1) is 20.9. The summed E-state index contributed by atoms with van der Waals surface area (Å²) < 4.78 is 6.49. The van der Waals surface area contributed by atoms with Gasteiger partial charge in [0.05, 0.1) is 0 Å². The van der Waals surface area contributed by atoms with E-state index in [2.05, 4.69) is 36.4 Å². The Labute approximate surface area is 199 Å². The van der Waals surface area contributed by atoms with E-state index in [4.69, 9.17) is 4.74 Å². The Morgan fingerprint density at radius 1 is 0.618 bits per heavy atom. The van der Waals surface area contributed by atoms with Crippen LogP contribution in [0.15, 0.2) is 102 Å². The average molecular weight is 445 g/mol. The van der Waals surface area contributed by atoms with Crippen molar-refractivity contribution in [1.29, 1.82) is 0 Å². The van der Waals surface area contributed by atoms with Crippen LogP contribution >= 0.6 is 0 Å². The van der Waals surface area contributed by atoms with Gasteiger partial charge in [-0.15, -0.1) is 0 Å². The van der Waals surface area contributed by atoms with Crippen LogP contribution in [0.5, 0.6) is 0 Å². The minimum atomic E-state index is -0.391. The van der Waals surface area contributed by atoms with Gasteiger partial charge < -0.3 is 4.74 Å². The molecule has 1 aliphatic heterocycles. The van der Waals surface area contributed by atoms with Crippen molar-refractivity contribution in [3.63, 3.8) is 0 Å². The lowest BCUT2D eigenvalue weighted by Crippen LogP contribution is -2.33. The third kappa shape index (κ3) is 3.62. The Morgan fingerprint density at radius 2 is 1.15 bits per heavy atom. The predicted octanol–water partition coefficient (Wildman–Crippen LogP) is 6.20. The highest BCUT2D eigenvalue weighted by Gasteiger charge is 2.45. The van der Waals surface area contributed by atoms with E-state index in [1.165, 1.54) is 0 Å². The highest BCUT2D eigenvalue weighted by Crippen LogP contribution is 2.51. The van der Waals surface area contributed by atoms with Gasteiger partial charge >= 0.3 is 0 Å². The van der Waals surface area contributed by atoms with Crippen LogP contribution < -0.4 is 0 Å². The molecular formula is C31H24O3. The number of hydrogen-bond acceptors (Lipinski definition) is 3. The van der Waals surface area contributed by atoms with Crippen molar-refractivity contribution in [3.8, 4) is 0 Å². The zero-order chi connectivity index (χ0) is 23.1. The fourth-order valence-electron chi connectivity index (χ4n) is 5.71. The van der Waals surface area contributed by atoms with Crippen LogP contribution in [0.3, 0.4) is 0 Å². The summed E-state index contributed by atoms with van der Waals surface area (Å²) in [7, 11) is 0. The van der Waals surface area contributed by atoms with E-state index in [0.717, 1.165) is 28.2 Å². The molecule has 2 radical (unpaired) electrons. The molecule has 3 aromatic carbocycles. The molecule has 3 aromatic rings. The molecule has 0 saturated carbocycles. The fourth-order valence-corrected chi connectivity index (χ4v) is 5.71. The summed E-state index contributed by atoms with van der Waals surface area (Å²) in [5.41, 5.74) is 4.49. The molecular weight excluding hydrogens is 420 g/mol. The first-order valence-electron chi connectivity index (χ1n) is 11.9. The summed E-state index contributed by atoms with van der Waals surface area (Å²) in [4.78, 5) is 27.1. The lowest BCUT2D eigenvalue weighted by atomic mass is 9.69. The summed E-state index contributed by atoms with van der Waals surface area (Å²) in [6.07, 6.45) is 2.17. The van der Waals surface area contributed by atoms with Gasteiger partial charge in [0.15, 0.2) is 11.6 Å². The maximum Gasteiger partial charge on any atom is 0.163 e. The molecule has 0 fully saturated rings. The summed E-state index contributed by atoms with van der Waals surface area (Å²) in [5, 5.41) is 0. The molecule has 2 unspecified atom stereocenters. The monoisotopic (exact) mass is 444 g/mol. The van der Waals surface area contributed by atoms with Crippen molar-refractivity contribution < 1.29 is 14.3 Å². The van der Waals surface area contributed by atoms with Crippen LogP contribution in [-0.2, 0) is 14.3 Å². The zero-order valence-corrected chi connectivity index (χ0v) is 18.8. The second kappa shape index (κ2) is 8.57. The van der Waals surface area contributed by atoms with E-state index >= 15 is 0 Å². The maximum atomic E-state index is 13.6. The van der Waals surface area contributed by atoms with Gasteiger partial charge in [-0.25, -0.2) is 0 Å². The summed E-state index contributed by atoms with van der Waals surface area (Å²) >= 11 is 0. The number of Topliss-reactive ketones (excluding diaryl/α,β-unsaturated/α-hetero) is 2. The van der Waals surface area contributed by atoms with E-state index in [1.54, 1.807) is 6.07 Å². The molecule has 1 heterocycles. The molecule has 0 saturated heterocycles. The molecule has 34 heavy (non-hydrogen) atoms. The second-order valence-electron chi connectivity index (χ2n) is 9.35. The molecule has 3 nitrogen and oxygen atoms in total. The molecule has 0 aromatic heterocycles. The fraction of sp³-hybridized carbons (Fsp3) is 0.226. The standard InChI is InChI=1S/C31H24O3/c32-25-16-23(20-10-4-1-5-11-20)18-27-30(25)29(22-14-8-3-9-15-22)31-26(33)17-24(19-28(31)34-27)21-12-6-2-7-13-21/h1-2,4-8,10-15,23-24,29H,16-19H2. The average Bonchev–Trinajstić information content (AvgIpc) is 2.89. The first-order chi connectivity index (χ1) is 16.7. The van der Waals surface area contributed by atoms with Crippen molar-refractivity contribution in [3.05, 3.63) is 130 Å². The number of rotatable bonds is 3. The molecule has 166 valence electrons. The Hall–Kier alpha value is -3.72. The van der Waals surface area contributed by atoms with Gasteiger partial charge in [0.25, 0.3) is 0 Å². The van der Waals surface area contributed by atoms with Crippen molar-refractivity contribution in [2.45, 2.75) is 43.4 Å². The van der Waals surface area contributed by atoms with Gasteiger partial charge in [-0.3, -0.25) is 9.59 Å². The summed E-state index contributed by atoms with van der Waals surface area (Å²) in [5.74, 6) is 1.35. The molecule has 3 aliphatic rings. The van der Waals surface area contributed by atoms with Gasteiger partial charge in [0.1, 0.15) is 11.5 Å². The van der Waals surface area contributed by atoms with Crippen LogP contribution in [0.25, 0.3) is 0 Å². The van der Waals surface area contributed by atoms with Crippen LogP contribution in [0.1, 0.15) is 60.1 Å². The Balaban J connectivity index is 1.43. The van der Waals surface area contributed by atoms with Crippen LogP contribution in [-0.4, -0.2) is 11.6 Å². The van der Waals surface area contributed by atoms with Crippen LogP contribution in [0.4, 0.5) is 0 Å². The van der Waals surface area contributed by atoms with Crippen LogP contribution in [0.2, 0.25) is 0 Å². The second-order valence-corrected chi connectivity index (χ2v) is 9.35. The molecule has 0 amide bonds. The van der Waals surface area contributed by atoms with E-state index in [1.807, 2.05) is 48.5 Å². The van der Waals surface area contributed by atoms with Crippen molar-refractivity contribution in [2.75, 3.05) is 0 Å². The van der Waals surface area contributed by atoms with Gasteiger partial charge in [-0.2, -0.15) is 0 Å². The molecule has 0 spiro atoms. The van der Waals surface area contributed by atoms with E-state index in [9.17, 15) is 9.59 Å². The molecule has 6 rings (SSSR count). The Kier molecular flexibility index (Phi) is 5.26. The first-order valence-corrected chi connectivity index (χ1v) is 11.9. The van der Waals surface area contributed by atoms with Gasteiger partial charge in [0, 0.05) is 42.7 Å². The molecule has 2 aliphatic carbocycles. The zero-order valence-electron chi connectivity index (χ0n) is 18.8. The van der Waals surface area contributed by atoms with Crippen molar-refractivity contribution >= 4 is 11.6 Å². The number of ketones is 2.